The van der Waals surface area contributed by atoms with E-state index in [9.17, 15) is 22.4 Å². The molecule has 0 aliphatic rings. The molecule has 0 amide bonds. The number of hydrogen-bond donors (Lipinski definition) is 0. The topological polar surface area (TPSA) is 26.3 Å². The van der Waals surface area contributed by atoms with E-state index in [2.05, 4.69) is 3.07 Å². The molecule has 0 aliphatic carbocycles. The molecule has 0 radical (unpaired) electrons. The molecule has 2 nitrogen and oxygen atoms in total. The van der Waals surface area contributed by atoms with Gasteiger partial charge < -0.3 is 3.07 Å². The molecule has 0 atom stereocenters. The van der Waals surface area contributed by atoms with Crippen molar-refractivity contribution in [2.75, 3.05) is 0 Å². The summed E-state index contributed by atoms with van der Waals surface area (Å²) in [5.74, 6) is -8.34. The quantitative estimate of drug-likeness (QED) is 0.452. The van der Waals surface area contributed by atoms with Crippen LogP contribution in [0.25, 0.3) is 0 Å². The van der Waals surface area contributed by atoms with Gasteiger partial charge in [-0.25, -0.2) is 22.4 Å². The first kappa shape index (κ1) is 11.2. The average molecular weight is 320 g/mol. The van der Waals surface area contributed by atoms with Crippen molar-refractivity contribution in [1.29, 1.82) is 0 Å². The first-order valence-corrected chi connectivity index (χ1v) is 4.03. The van der Waals surface area contributed by atoms with Gasteiger partial charge in [0, 0.05) is 6.07 Å². The molecule has 0 aliphatic heterocycles. The minimum Gasteiger partial charge on any atom is -0.391 e. The highest BCUT2D eigenvalue weighted by molar-refractivity contribution is 14.1. The van der Waals surface area contributed by atoms with Crippen molar-refractivity contribution in [3.8, 4) is 0 Å². The van der Waals surface area contributed by atoms with Crippen LogP contribution >= 0.6 is 23.0 Å². The van der Waals surface area contributed by atoms with Crippen molar-refractivity contribution in [2.45, 2.75) is 0 Å². The van der Waals surface area contributed by atoms with Gasteiger partial charge in [0.2, 0.25) is 0 Å². The fourth-order valence-electron chi connectivity index (χ4n) is 0.791. The van der Waals surface area contributed by atoms with E-state index < -0.39 is 34.8 Å². The molecule has 1 aromatic carbocycles. The lowest BCUT2D eigenvalue weighted by atomic mass is 10.2. The second-order valence-electron chi connectivity index (χ2n) is 2.21. The Labute approximate surface area is 89.5 Å². The van der Waals surface area contributed by atoms with Crippen LogP contribution < -0.4 is 0 Å². The normalized spacial score (nSPS) is 10.1. The maximum absolute atomic E-state index is 12.8. The number of hydrogen-bond acceptors (Lipinski definition) is 2. The van der Waals surface area contributed by atoms with E-state index >= 15 is 0 Å². The Kier molecular flexibility index (Phi) is 3.29. The lowest BCUT2D eigenvalue weighted by Crippen LogP contribution is -2.09. The maximum atomic E-state index is 12.8. The van der Waals surface area contributed by atoms with E-state index in [0.29, 0.717) is 0 Å². The second-order valence-corrected chi connectivity index (χ2v) is 2.65. The standard InChI is InChI=1S/C7HF4IO2/c8-2-1-3(9)6(11)4(5(2)10)7(13)14-12/h1H. The molecule has 0 N–H and O–H groups in total. The summed E-state index contributed by atoms with van der Waals surface area (Å²) >= 11 is 1.05. The third-order valence-electron chi connectivity index (χ3n) is 1.39. The Morgan fingerprint density at radius 3 is 1.93 bits per heavy atom. The second kappa shape index (κ2) is 4.11. The number of benzene rings is 1. The maximum Gasteiger partial charge on any atom is 0.353 e. The van der Waals surface area contributed by atoms with Gasteiger partial charge in [0.15, 0.2) is 46.3 Å². The predicted molar refractivity (Wildman–Crippen MR) is 45.7 cm³/mol. The lowest BCUT2D eigenvalue weighted by Gasteiger charge is -2.02. The molecule has 14 heavy (non-hydrogen) atoms. The SMILES string of the molecule is O=C(OI)c1c(F)c(F)cc(F)c1F. The Morgan fingerprint density at radius 2 is 1.57 bits per heavy atom. The van der Waals surface area contributed by atoms with Crippen molar-refractivity contribution in [3.05, 3.63) is 34.9 Å². The summed E-state index contributed by atoms with van der Waals surface area (Å²) in [7, 11) is 0. The van der Waals surface area contributed by atoms with Crippen molar-refractivity contribution in [2.24, 2.45) is 0 Å². The number of halogens is 5. The van der Waals surface area contributed by atoms with Gasteiger partial charge in [-0.15, -0.1) is 0 Å². The highest BCUT2D eigenvalue weighted by Gasteiger charge is 2.25. The van der Waals surface area contributed by atoms with Crippen molar-refractivity contribution < 1.29 is 25.4 Å². The van der Waals surface area contributed by atoms with Gasteiger partial charge in [-0.1, -0.05) is 0 Å². The molecule has 0 saturated heterocycles. The summed E-state index contributed by atoms with van der Waals surface area (Å²) in [5, 5.41) is 0. The summed E-state index contributed by atoms with van der Waals surface area (Å²) in [5.41, 5.74) is -1.38. The molecule has 1 aromatic rings. The van der Waals surface area contributed by atoms with E-state index in [1.165, 1.54) is 0 Å². The van der Waals surface area contributed by atoms with Gasteiger partial charge in [0.25, 0.3) is 0 Å². The van der Waals surface area contributed by atoms with Gasteiger partial charge >= 0.3 is 5.97 Å². The third kappa shape index (κ3) is 1.81. The van der Waals surface area contributed by atoms with Crippen LogP contribution in [-0.2, 0) is 3.07 Å². The van der Waals surface area contributed by atoms with E-state index in [1.807, 2.05) is 0 Å². The zero-order chi connectivity index (χ0) is 10.9. The molecule has 0 fully saturated rings. The fourth-order valence-corrected chi connectivity index (χ4v) is 1.01. The minimum atomic E-state index is -1.77. The molecule has 0 aromatic heterocycles. The predicted octanol–water partition coefficient (Wildman–Crippen LogP) is 2.75. The Bertz CT molecular complexity index is 368. The Morgan fingerprint density at radius 1 is 1.14 bits per heavy atom. The van der Waals surface area contributed by atoms with Gasteiger partial charge in [0.05, 0.1) is 0 Å². The van der Waals surface area contributed by atoms with Gasteiger partial charge in [-0.3, -0.25) is 0 Å². The zero-order valence-electron chi connectivity index (χ0n) is 6.28. The van der Waals surface area contributed by atoms with Crippen molar-refractivity contribution in [1.82, 2.24) is 0 Å². The average Bonchev–Trinajstić information content (AvgIpc) is 2.15. The van der Waals surface area contributed by atoms with Crippen molar-refractivity contribution >= 4 is 29.0 Å². The highest BCUT2D eigenvalue weighted by Crippen LogP contribution is 2.20. The zero-order valence-corrected chi connectivity index (χ0v) is 8.44. The number of rotatable bonds is 1. The summed E-state index contributed by atoms with van der Waals surface area (Å²) in [4.78, 5) is 10.7. The van der Waals surface area contributed by atoms with Crippen LogP contribution in [0.1, 0.15) is 10.4 Å². The van der Waals surface area contributed by atoms with E-state index in [4.69, 9.17) is 0 Å². The molecule has 76 valence electrons. The van der Waals surface area contributed by atoms with Crippen LogP contribution in [0.3, 0.4) is 0 Å². The van der Waals surface area contributed by atoms with Gasteiger partial charge in [-0.2, -0.15) is 0 Å². The molecule has 0 heterocycles. The van der Waals surface area contributed by atoms with Crippen LogP contribution in [0.4, 0.5) is 17.6 Å². The first-order valence-electron chi connectivity index (χ1n) is 3.15. The first-order chi connectivity index (χ1) is 6.49. The monoisotopic (exact) mass is 320 g/mol. The number of carbonyl (C=O) groups excluding carboxylic acids is 1. The molecule has 0 unspecified atom stereocenters. The molecule has 1 rings (SSSR count). The molecular formula is C7HF4IO2. The van der Waals surface area contributed by atoms with Gasteiger partial charge in [0.1, 0.15) is 5.56 Å². The summed E-state index contributed by atoms with van der Waals surface area (Å²) in [6.45, 7) is 0. The largest absolute Gasteiger partial charge is 0.391 e. The smallest absolute Gasteiger partial charge is 0.353 e. The fraction of sp³-hybridized carbons (Fsp3) is 0. The summed E-state index contributed by atoms with van der Waals surface area (Å²) < 4.78 is 54.6. The molecule has 0 spiro atoms. The van der Waals surface area contributed by atoms with Crippen LogP contribution in [0.5, 0.6) is 0 Å². The lowest BCUT2D eigenvalue weighted by molar-refractivity contribution is 0.0787. The molecular weight excluding hydrogens is 319 g/mol. The van der Waals surface area contributed by atoms with Gasteiger partial charge in [-0.05, 0) is 0 Å². The summed E-state index contributed by atoms with van der Waals surface area (Å²) in [6.07, 6.45) is 0. The highest BCUT2D eigenvalue weighted by atomic mass is 127. The van der Waals surface area contributed by atoms with Crippen LogP contribution in [0, 0.1) is 23.3 Å². The third-order valence-corrected chi connectivity index (χ3v) is 1.79. The van der Waals surface area contributed by atoms with E-state index in [-0.39, 0.29) is 6.07 Å². The van der Waals surface area contributed by atoms with Crippen molar-refractivity contribution in [3.63, 3.8) is 0 Å². The van der Waals surface area contributed by atoms with E-state index in [1.54, 1.807) is 0 Å². The van der Waals surface area contributed by atoms with Crippen LogP contribution in [0.2, 0.25) is 0 Å². The summed E-state index contributed by atoms with van der Waals surface area (Å²) in [6, 6.07) is 0.00857. The Hall–Kier alpha value is -0.860. The number of carbonyl (C=O) groups is 1. The Balaban J connectivity index is 3.47. The van der Waals surface area contributed by atoms with E-state index in [0.717, 1.165) is 23.0 Å². The van der Waals surface area contributed by atoms with Crippen LogP contribution in [-0.4, -0.2) is 5.97 Å². The molecule has 0 bridgehead atoms. The minimum absolute atomic E-state index is 0.00857. The van der Waals surface area contributed by atoms with Crippen LogP contribution in [0.15, 0.2) is 6.07 Å². The molecule has 7 heteroatoms. The molecule has 0 saturated carbocycles.